The van der Waals surface area contributed by atoms with Gasteiger partial charge >= 0.3 is 12.1 Å². The number of rotatable bonds is 3. The van der Waals surface area contributed by atoms with Crippen LogP contribution in [0.3, 0.4) is 0 Å². The predicted molar refractivity (Wildman–Crippen MR) is 118 cm³/mol. The molecule has 13 heteroatoms. The smallest absolute Gasteiger partial charge is 0.475 e. The van der Waals surface area contributed by atoms with E-state index in [0.717, 1.165) is 22.3 Å². The Morgan fingerprint density at radius 2 is 1.83 bits per heavy atom. The van der Waals surface area contributed by atoms with Gasteiger partial charge in [-0.3, -0.25) is 9.78 Å². The monoisotopic (exact) mass is 503 g/mol. The fraction of sp³-hybridized carbons (Fsp3) is 0.261. The van der Waals surface area contributed by atoms with E-state index in [4.69, 9.17) is 19.1 Å². The second-order valence-corrected chi connectivity index (χ2v) is 7.76. The third-order valence-electron chi connectivity index (χ3n) is 5.44. The van der Waals surface area contributed by atoms with Crippen LogP contribution in [0, 0.1) is 6.92 Å². The number of halogens is 3. The van der Waals surface area contributed by atoms with E-state index in [1.165, 1.54) is 6.26 Å². The highest BCUT2D eigenvalue weighted by molar-refractivity contribution is 5.95. The molecular formula is C23H20F3N5O5. The number of amides is 1. The fourth-order valence-electron chi connectivity index (χ4n) is 3.63. The van der Waals surface area contributed by atoms with Gasteiger partial charge in [0.15, 0.2) is 0 Å². The quantitative estimate of drug-likeness (QED) is 0.450. The minimum Gasteiger partial charge on any atom is -0.475 e. The molecule has 1 atom stereocenters. The number of pyridine rings is 2. The zero-order chi connectivity index (χ0) is 25.9. The van der Waals surface area contributed by atoms with Crippen LogP contribution in [0.25, 0.3) is 16.6 Å². The van der Waals surface area contributed by atoms with E-state index in [1.54, 1.807) is 34.8 Å². The summed E-state index contributed by atoms with van der Waals surface area (Å²) >= 11 is 0. The molecule has 5 rings (SSSR count). The number of hydrogen-bond donors (Lipinski definition) is 1. The van der Waals surface area contributed by atoms with Gasteiger partial charge in [0.1, 0.15) is 17.6 Å². The number of carbonyl (C=O) groups is 2. The highest BCUT2D eigenvalue weighted by atomic mass is 19.4. The van der Waals surface area contributed by atoms with Crippen molar-refractivity contribution in [2.24, 2.45) is 0 Å². The summed E-state index contributed by atoms with van der Waals surface area (Å²) in [7, 11) is 0. The van der Waals surface area contributed by atoms with Crippen LogP contribution in [-0.4, -0.2) is 67.6 Å². The van der Waals surface area contributed by atoms with Crippen LogP contribution >= 0.6 is 0 Å². The first kappa shape index (κ1) is 24.9. The number of hydrogen-bond acceptors (Lipinski definition) is 7. The maximum absolute atomic E-state index is 12.8. The van der Waals surface area contributed by atoms with Crippen molar-refractivity contribution in [3.8, 4) is 11.1 Å². The second kappa shape index (κ2) is 10.2. The van der Waals surface area contributed by atoms with Gasteiger partial charge in [0.25, 0.3) is 5.91 Å². The molecule has 0 saturated carbocycles. The molecule has 10 nitrogen and oxygen atoms in total. The number of carboxylic acids is 1. The molecule has 0 aliphatic carbocycles. The number of carbonyl (C=O) groups excluding carboxylic acids is 1. The SMILES string of the molecule is Cc1occc1C(=O)N1CCOC(c2nnn3cc(-c4ccncc4)ccc23)C1.O=C(O)C(F)(F)F. The third kappa shape index (κ3) is 5.35. The van der Waals surface area contributed by atoms with Crippen LogP contribution in [0.1, 0.15) is 27.9 Å². The molecule has 1 aliphatic rings. The Morgan fingerprint density at radius 1 is 1.11 bits per heavy atom. The van der Waals surface area contributed by atoms with Gasteiger partial charge in [0, 0.05) is 30.7 Å². The summed E-state index contributed by atoms with van der Waals surface area (Å²) in [5.41, 5.74) is 4.25. The van der Waals surface area contributed by atoms with Gasteiger partial charge in [-0.1, -0.05) is 11.3 Å². The standard InChI is InChI=1S/C21H19N5O3.C2HF3O2/c1-14-17(6-10-28-14)21(27)25-9-11-29-19(13-25)20-18-3-2-16(12-26(18)24-23-20)15-4-7-22-8-5-15;3-2(4,5)1(6)7/h2-8,10,12,19H,9,11,13H2,1H3;(H,6,7). The van der Waals surface area contributed by atoms with Crippen LogP contribution in [-0.2, 0) is 9.53 Å². The minimum absolute atomic E-state index is 0.0546. The number of ether oxygens (including phenoxy) is 1. The molecule has 4 aromatic heterocycles. The Kier molecular flexibility index (Phi) is 7.01. The topological polar surface area (TPSA) is 123 Å². The van der Waals surface area contributed by atoms with Crippen molar-refractivity contribution < 1.29 is 37.0 Å². The molecule has 0 bridgehead atoms. The van der Waals surface area contributed by atoms with Gasteiger partial charge < -0.3 is 19.2 Å². The highest BCUT2D eigenvalue weighted by Crippen LogP contribution is 2.27. The van der Waals surface area contributed by atoms with E-state index >= 15 is 0 Å². The molecule has 1 fully saturated rings. The molecule has 188 valence electrons. The number of furan rings is 1. The Balaban J connectivity index is 0.000000384. The van der Waals surface area contributed by atoms with E-state index in [9.17, 15) is 18.0 Å². The largest absolute Gasteiger partial charge is 0.490 e. The van der Waals surface area contributed by atoms with E-state index in [0.29, 0.717) is 31.0 Å². The Bertz CT molecular complexity index is 1370. The summed E-state index contributed by atoms with van der Waals surface area (Å²) in [5, 5.41) is 15.7. The zero-order valence-electron chi connectivity index (χ0n) is 18.8. The molecule has 0 radical (unpaired) electrons. The third-order valence-corrected chi connectivity index (χ3v) is 5.44. The van der Waals surface area contributed by atoms with Crippen LogP contribution < -0.4 is 0 Å². The molecule has 1 saturated heterocycles. The Hall–Kier alpha value is -4.26. The lowest BCUT2D eigenvalue weighted by Crippen LogP contribution is -2.42. The molecule has 1 aliphatic heterocycles. The fourth-order valence-corrected chi connectivity index (χ4v) is 3.63. The number of aryl methyl sites for hydroxylation is 1. The number of fused-ring (bicyclic) bond motifs is 1. The maximum Gasteiger partial charge on any atom is 0.490 e. The highest BCUT2D eigenvalue weighted by Gasteiger charge is 2.38. The van der Waals surface area contributed by atoms with Gasteiger partial charge in [0.2, 0.25) is 0 Å². The van der Waals surface area contributed by atoms with Crippen LogP contribution in [0.2, 0.25) is 0 Å². The molecule has 1 amide bonds. The van der Waals surface area contributed by atoms with Crippen molar-refractivity contribution >= 4 is 17.4 Å². The van der Waals surface area contributed by atoms with Crippen LogP contribution in [0.4, 0.5) is 13.2 Å². The Labute approximate surface area is 201 Å². The summed E-state index contributed by atoms with van der Waals surface area (Å²) in [6.45, 7) is 3.19. The summed E-state index contributed by atoms with van der Waals surface area (Å²) in [6, 6.07) is 9.61. The van der Waals surface area contributed by atoms with Crippen LogP contribution in [0.5, 0.6) is 0 Å². The summed E-state index contributed by atoms with van der Waals surface area (Å²) in [5.74, 6) is -2.19. The van der Waals surface area contributed by atoms with Crippen molar-refractivity contribution in [3.63, 3.8) is 0 Å². The predicted octanol–water partition coefficient (Wildman–Crippen LogP) is 3.54. The van der Waals surface area contributed by atoms with Crippen molar-refractivity contribution in [1.29, 1.82) is 0 Å². The first-order valence-corrected chi connectivity index (χ1v) is 10.7. The molecule has 1 N–H and O–H groups in total. The van der Waals surface area contributed by atoms with Crippen molar-refractivity contribution in [2.75, 3.05) is 19.7 Å². The van der Waals surface area contributed by atoms with Gasteiger partial charge in [-0.25, -0.2) is 9.31 Å². The summed E-state index contributed by atoms with van der Waals surface area (Å²) in [6.07, 6.45) is 1.57. The number of nitrogens with zero attached hydrogens (tertiary/aromatic N) is 5. The average Bonchev–Trinajstić information content (AvgIpc) is 3.49. The maximum atomic E-state index is 12.8. The number of carboxylic acid groups (broad SMARTS) is 1. The number of aromatic nitrogens is 4. The average molecular weight is 503 g/mol. The van der Waals surface area contributed by atoms with Gasteiger partial charge in [-0.2, -0.15) is 13.2 Å². The first-order valence-electron chi connectivity index (χ1n) is 10.7. The van der Waals surface area contributed by atoms with E-state index in [2.05, 4.69) is 15.3 Å². The lowest BCUT2D eigenvalue weighted by atomic mass is 10.1. The van der Waals surface area contributed by atoms with E-state index in [-0.39, 0.29) is 12.0 Å². The van der Waals surface area contributed by atoms with Crippen LogP contribution in [0.15, 0.2) is 59.6 Å². The van der Waals surface area contributed by atoms with Crippen molar-refractivity contribution in [1.82, 2.24) is 24.7 Å². The molecular weight excluding hydrogens is 483 g/mol. The molecule has 1 unspecified atom stereocenters. The lowest BCUT2D eigenvalue weighted by Gasteiger charge is -2.32. The Morgan fingerprint density at radius 3 is 2.47 bits per heavy atom. The molecule has 36 heavy (non-hydrogen) atoms. The summed E-state index contributed by atoms with van der Waals surface area (Å²) < 4.78 is 44.7. The molecule has 4 aromatic rings. The number of morpholine rings is 1. The van der Waals surface area contributed by atoms with Gasteiger partial charge in [0.05, 0.1) is 30.5 Å². The molecule has 0 aromatic carbocycles. The van der Waals surface area contributed by atoms with Gasteiger partial charge in [-0.15, -0.1) is 5.10 Å². The number of alkyl halides is 3. The normalized spacial score (nSPS) is 15.9. The summed E-state index contributed by atoms with van der Waals surface area (Å²) in [4.78, 5) is 27.6. The molecule has 5 heterocycles. The lowest BCUT2D eigenvalue weighted by molar-refractivity contribution is -0.192. The number of aliphatic carboxylic acids is 1. The van der Waals surface area contributed by atoms with E-state index < -0.39 is 12.1 Å². The van der Waals surface area contributed by atoms with Crippen molar-refractivity contribution in [3.05, 3.63) is 72.2 Å². The zero-order valence-corrected chi connectivity index (χ0v) is 18.8. The first-order chi connectivity index (χ1) is 17.1. The minimum atomic E-state index is -5.08. The van der Waals surface area contributed by atoms with Gasteiger partial charge in [-0.05, 0) is 36.8 Å². The van der Waals surface area contributed by atoms with E-state index in [1.807, 2.05) is 30.5 Å². The van der Waals surface area contributed by atoms with Crippen molar-refractivity contribution in [2.45, 2.75) is 19.2 Å². The molecule has 0 spiro atoms. The second-order valence-electron chi connectivity index (χ2n) is 7.76.